The van der Waals surface area contributed by atoms with Crippen molar-refractivity contribution in [2.75, 3.05) is 11.9 Å². The first-order valence-corrected chi connectivity index (χ1v) is 5.66. The van der Waals surface area contributed by atoms with E-state index in [0.29, 0.717) is 0 Å². The number of piperidine rings is 1. The lowest BCUT2D eigenvalue weighted by atomic mass is 10.0. The van der Waals surface area contributed by atoms with Gasteiger partial charge in [-0.25, -0.2) is 8.78 Å². The molecule has 0 radical (unpaired) electrons. The first kappa shape index (κ1) is 12.0. The summed E-state index contributed by atoms with van der Waals surface area (Å²) in [6.45, 7) is 0.815. The Morgan fingerprint density at radius 1 is 1.29 bits per heavy atom. The molecular weight excluding hydrogens is 226 g/mol. The number of hydrogen-bond donors (Lipinski definition) is 2. The summed E-state index contributed by atoms with van der Waals surface area (Å²) in [7, 11) is 0. The molecule has 1 heterocycles. The van der Waals surface area contributed by atoms with Crippen LogP contribution in [-0.2, 0) is 4.79 Å². The largest absolute Gasteiger partial charge is 0.325 e. The fourth-order valence-electron chi connectivity index (χ4n) is 1.88. The van der Waals surface area contributed by atoms with E-state index >= 15 is 0 Å². The number of carbonyl (C=O) groups excluding carboxylic acids is 1. The molecule has 1 aromatic carbocycles. The number of carbonyl (C=O) groups is 1. The molecule has 1 fully saturated rings. The third-order valence-electron chi connectivity index (χ3n) is 2.81. The highest BCUT2D eigenvalue weighted by atomic mass is 19.2. The van der Waals surface area contributed by atoms with Crippen LogP contribution in [0.5, 0.6) is 0 Å². The molecule has 0 bridgehead atoms. The molecule has 1 amide bonds. The molecule has 3 nitrogen and oxygen atoms in total. The van der Waals surface area contributed by atoms with Gasteiger partial charge in [-0.1, -0.05) is 6.42 Å². The van der Waals surface area contributed by atoms with Gasteiger partial charge in [0.1, 0.15) is 0 Å². The van der Waals surface area contributed by atoms with Gasteiger partial charge in [-0.15, -0.1) is 0 Å². The molecule has 0 aromatic heterocycles. The molecular formula is C12H14F2N2O. The summed E-state index contributed by atoms with van der Waals surface area (Å²) < 4.78 is 25.6. The summed E-state index contributed by atoms with van der Waals surface area (Å²) in [6.07, 6.45) is 2.84. The zero-order chi connectivity index (χ0) is 12.3. The second-order valence-electron chi connectivity index (χ2n) is 4.12. The van der Waals surface area contributed by atoms with Crippen molar-refractivity contribution in [3.05, 3.63) is 29.8 Å². The van der Waals surface area contributed by atoms with Crippen LogP contribution in [-0.4, -0.2) is 18.5 Å². The summed E-state index contributed by atoms with van der Waals surface area (Å²) in [5.41, 5.74) is 0.279. The molecule has 1 saturated heterocycles. The predicted molar refractivity (Wildman–Crippen MR) is 60.6 cm³/mol. The summed E-state index contributed by atoms with van der Waals surface area (Å²) in [5.74, 6) is -2.08. The minimum absolute atomic E-state index is 0.198. The first-order chi connectivity index (χ1) is 8.16. The van der Waals surface area contributed by atoms with E-state index in [4.69, 9.17) is 0 Å². The van der Waals surface area contributed by atoms with Crippen LogP contribution in [0.3, 0.4) is 0 Å². The summed E-state index contributed by atoms with van der Waals surface area (Å²) in [4.78, 5) is 11.8. The smallest absolute Gasteiger partial charge is 0.241 e. The molecule has 1 aliphatic rings. The Kier molecular flexibility index (Phi) is 3.68. The monoisotopic (exact) mass is 240 g/mol. The summed E-state index contributed by atoms with van der Waals surface area (Å²) >= 11 is 0. The van der Waals surface area contributed by atoms with Crippen molar-refractivity contribution in [1.82, 2.24) is 5.32 Å². The van der Waals surface area contributed by atoms with E-state index in [2.05, 4.69) is 10.6 Å². The second-order valence-corrected chi connectivity index (χ2v) is 4.12. The Bertz CT molecular complexity index is 417. The van der Waals surface area contributed by atoms with E-state index in [-0.39, 0.29) is 17.6 Å². The Morgan fingerprint density at radius 3 is 2.76 bits per heavy atom. The molecule has 1 aromatic rings. The van der Waals surface area contributed by atoms with Gasteiger partial charge in [-0.2, -0.15) is 0 Å². The van der Waals surface area contributed by atoms with Gasteiger partial charge in [0.15, 0.2) is 11.6 Å². The SMILES string of the molecule is O=C(Nc1ccc(F)c(F)c1)[C@@H]1CCCCN1. The number of hydrogen-bond acceptors (Lipinski definition) is 2. The van der Waals surface area contributed by atoms with Crippen LogP contribution in [0, 0.1) is 11.6 Å². The molecule has 1 atom stereocenters. The van der Waals surface area contributed by atoms with E-state index in [1.54, 1.807) is 0 Å². The molecule has 5 heteroatoms. The number of nitrogens with one attached hydrogen (secondary N) is 2. The van der Waals surface area contributed by atoms with Crippen LogP contribution < -0.4 is 10.6 Å². The second kappa shape index (κ2) is 5.23. The Morgan fingerprint density at radius 2 is 2.12 bits per heavy atom. The van der Waals surface area contributed by atoms with E-state index in [0.717, 1.165) is 37.9 Å². The highest BCUT2D eigenvalue weighted by Gasteiger charge is 2.20. The maximum absolute atomic E-state index is 12.9. The van der Waals surface area contributed by atoms with Crippen LogP contribution in [0.25, 0.3) is 0 Å². The van der Waals surface area contributed by atoms with Crippen molar-refractivity contribution < 1.29 is 13.6 Å². The molecule has 2 N–H and O–H groups in total. The third-order valence-corrected chi connectivity index (χ3v) is 2.81. The van der Waals surface area contributed by atoms with Crippen molar-refractivity contribution in [3.8, 4) is 0 Å². The standard InChI is InChI=1S/C12H14F2N2O/c13-9-5-4-8(7-10(9)14)16-12(17)11-3-1-2-6-15-11/h4-5,7,11,15H,1-3,6H2,(H,16,17)/t11-/m0/s1. The highest BCUT2D eigenvalue weighted by Crippen LogP contribution is 2.15. The minimum atomic E-state index is -0.959. The normalized spacial score (nSPS) is 20.0. The number of amides is 1. The zero-order valence-corrected chi connectivity index (χ0v) is 9.30. The minimum Gasteiger partial charge on any atom is -0.325 e. The topological polar surface area (TPSA) is 41.1 Å². The maximum Gasteiger partial charge on any atom is 0.241 e. The summed E-state index contributed by atoms with van der Waals surface area (Å²) in [5, 5.41) is 5.66. The van der Waals surface area contributed by atoms with E-state index in [1.807, 2.05) is 0 Å². The Balaban J connectivity index is 1.99. The molecule has 2 rings (SSSR count). The van der Waals surface area contributed by atoms with Gasteiger partial charge in [-0.3, -0.25) is 4.79 Å². The van der Waals surface area contributed by atoms with Gasteiger partial charge in [0.25, 0.3) is 0 Å². The van der Waals surface area contributed by atoms with E-state index in [1.165, 1.54) is 6.07 Å². The number of rotatable bonds is 2. The zero-order valence-electron chi connectivity index (χ0n) is 9.30. The van der Waals surface area contributed by atoms with Gasteiger partial charge in [0.05, 0.1) is 6.04 Å². The van der Waals surface area contributed by atoms with Crippen LogP contribution in [0.2, 0.25) is 0 Å². The van der Waals surface area contributed by atoms with Gasteiger partial charge in [0.2, 0.25) is 5.91 Å². The molecule has 92 valence electrons. The highest BCUT2D eigenvalue weighted by molar-refractivity contribution is 5.94. The third kappa shape index (κ3) is 3.00. The lowest BCUT2D eigenvalue weighted by molar-refractivity contribution is -0.118. The van der Waals surface area contributed by atoms with Crippen LogP contribution in [0.1, 0.15) is 19.3 Å². The first-order valence-electron chi connectivity index (χ1n) is 5.66. The Labute approximate surface area is 98.2 Å². The van der Waals surface area contributed by atoms with Crippen molar-refractivity contribution >= 4 is 11.6 Å². The van der Waals surface area contributed by atoms with Gasteiger partial charge < -0.3 is 10.6 Å². The van der Waals surface area contributed by atoms with Crippen molar-refractivity contribution in [2.45, 2.75) is 25.3 Å². The predicted octanol–water partition coefficient (Wildman–Crippen LogP) is 2.05. The molecule has 0 spiro atoms. The number of halogens is 2. The molecule has 1 aliphatic heterocycles. The van der Waals surface area contributed by atoms with Gasteiger partial charge in [-0.05, 0) is 31.5 Å². The lowest BCUT2D eigenvalue weighted by Crippen LogP contribution is -2.43. The van der Waals surface area contributed by atoms with Crippen molar-refractivity contribution in [1.29, 1.82) is 0 Å². The summed E-state index contributed by atoms with van der Waals surface area (Å²) in [6, 6.07) is 3.09. The van der Waals surface area contributed by atoms with Crippen LogP contribution in [0.4, 0.5) is 14.5 Å². The molecule has 0 aliphatic carbocycles. The van der Waals surface area contributed by atoms with Crippen LogP contribution >= 0.6 is 0 Å². The maximum atomic E-state index is 12.9. The van der Waals surface area contributed by atoms with Crippen molar-refractivity contribution in [2.24, 2.45) is 0 Å². The molecule has 17 heavy (non-hydrogen) atoms. The fourth-order valence-corrected chi connectivity index (χ4v) is 1.88. The average molecular weight is 240 g/mol. The average Bonchev–Trinajstić information content (AvgIpc) is 2.35. The van der Waals surface area contributed by atoms with Gasteiger partial charge in [0, 0.05) is 11.8 Å². The van der Waals surface area contributed by atoms with Gasteiger partial charge >= 0.3 is 0 Å². The van der Waals surface area contributed by atoms with E-state index in [9.17, 15) is 13.6 Å². The lowest BCUT2D eigenvalue weighted by Gasteiger charge is -2.22. The quantitative estimate of drug-likeness (QED) is 0.830. The number of benzene rings is 1. The number of anilines is 1. The fraction of sp³-hybridized carbons (Fsp3) is 0.417. The molecule has 0 saturated carbocycles. The van der Waals surface area contributed by atoms with Crippen LogP contribution in [0.15, 0.2) is 18.2 Å². The van der Waals surface area contributed by atoms with Crippen molar-refractivity contribution in [3.63, 3.8) is 0 Å². The molecule has 0 unspecified atom stereocenters. The Hall–Kier alpha value is -1.49. The van der Waals surface area contributed by atoms with E-state index < -0.39 is 11.6 Å².